The zero-order chi connectivity index (χ0) is 20.2. The summed E-state index contributed by atoms with van der Waals surface area (Å²) in [6.45, 7) is 0. The summed E-state index contributed by atoms with van der Waals surface area (Å²) in [4.78, 5) is 17.8. The average molecular weight is 445 g/mol. The van der Waals surface area contributed by atoms with Gasteiger partial charge in [0, 0.05) is 11.4 Å². The number of hydrogen-bond acceptors (Lipinski definition) is 5. The number of benzene rings is 2. The van der Waals surface area contributed by atoms with Crippen molar-refractivity contribution in [2.45, 2.75) is 6.42 Å². The van der Waals surface area contributed by atoms with Crippen LogP contribution in [0.5, 0.6) is 0 Å². The number of para-hydroxylation sites is 1. The Morgan fingerprint density at radius 2 is 1.90 bits per heavy atom. The minimum absolute atomic E-state index is 0.364. The Kier molecular flexibility index (Phi) is 5.80. The fraction of sp³-hybridized carbons (Fsp3) is 0.0500. The van der Waals surface area contributed by atoms with Crippen molar-refractivity contribution < 1.29 is 9.32 Å². The largest absolute Gasteiger partial charge is 0.339 e. The topological polar surface area (TPSA) is 80.0 Å². The van der Waals surface area contributed by atoms with Gasteiger partial charge in [0.1, 0.15) is 0 Å². The monoisotopic (exact) mass is 444 g/mol. The standard InChI is InChI=1S/C20H14Cl2N4O2S/c21-14-8-7-13(11-15(14)22)23-20(27)24-16-5-2-1-4-12(16)10-18-25-19(26-28-18)17-6-3-9-29-17/h1-9,11H,10H2,(H2,23,24,27). The molecule has 0 aliphatic carbocycles. The number of anilines is 2. The van der Waals surface area contributed by atoms with Crippen LogP contribution >= 0.6 is 34.5 Å². The molecule has 0 radical (unpaired) electrons. The van der Waals surface area contributed by atoms with Crippen LogP contribution in [0.15, 0.2) is 64.5 Å². The van der Waals surface area contributed by atoms with Crippen LogP contribution in [0.2, 0.25) is 10.0 Å². The number of carbonyl (C=O) groups excluding carboxylic acids is 1. The molecule has 2 N–H and O–H groups in total. The van der Waals surface area contributed by atoms with Gasteiger partial charge in [-0.15, -0.1) is 11.3 Å². The first kappa shape index (κ1) is 19.4. The van der Waals surface area contributed by atoms with Crippen molar-refractivity contribution in [3.63, 3.8) is 0 Å². The highest BCUT2D eigenvalue weighted by Crippen LogP contribution is 2.26. The van der Waals surface area contributed by atoms with E-state index in [4.69, 9.17) is 27.7 Å². The van der Waals surface area contributed by atoms with Gasteiger partial charge in [0.05, 0.1) is 21.3 Å². The van der Waals surface area contributed by atoms with Gasteiger partial charge in [-0.2, -0.15) is 4.98 Å². The number of carbonyl (C=O) groups is 1. The van der Waals surface area contributed by atoms with Crippen LogP contribution in [0.4, 0.5) is 16.2 Å². The third kappa shape index (κ3) is 4.76. The van der Waals surface area contributed by atoms with Crippen LogP contribution in [0.3, 0.4) is 0 Å². The number of aromatic nitrogens is 2. The number of hydrogen-bond donors (Lipinski definition) is 2. The molecule has 2 aromatic heterocycles. The van der Waals surface area contributed by atoms with Gasteiger partial charge in [0.15, 0.2) is 0 Å². The van der Waals surface area contributed by atoms with Gasteiger partial charge >= 0.3 is 6.03 Å². The zero-order valence-electron chi connectivity index (χ0n) is 14.9. The van der Waals surface area contributed by atoms with Gasteiger partial charge in [-0.3, -0.25) is 0 Å². The number of amides is 2. The summed E-state index contributed by atoms with van der Waals surface area (Å²) in [6, 6.07) is 15.8. The van der Waals surface area contributed by atoms with Crippen molar-refractivity contribution in [1.29, 1.82) is 0 Å². The highest BCUT2D eigenvalue weighted by atomic mass is 35.5. The van der Waals surface area contributed by atoms with Crippen molar-refractivity contribution >= 4 is 51.9 Å². The van der Waals surface area contributed by atoms with Crippen LogP contribution < -0.4 is 10.6 Å². The number of halogens is 2. The highest BCUT2D eigenvalue weighted by molar-refractivity contribution is 7.13. The fourth-order valence-corrected chi connectivity index (χ4v) is 3.60. The molecule has 0 unspecified atom stereocenters. The fourth-order valence-electron chi connectivity index (χ4n) is 2.65. The smallest absolute Gasteiger partial charge is 0.323 e. The molecule has 0 aliphatic heterocycles. The molecule has 2 heterocycles. The maximum absolute atomic E-state index is 12.4. The van der Waals surface area contributed by atoms with Crippen LogP contribution in [0, 0.1) is 0 Å². The summed E-state index contributed by atoms with van der Waals surface area (Å²) in [7, 11) is 0. The average Bonchev–Trinajstić information content (AvgIpc) is 3.38. The van der Waals surface area contributed by atoms with E-state index in [9.17, 15) is 4.79 Å². The first-order chi connectivity index (χ1) is 14.1. The van der Waals surface area contributed by atoms with Crippen molar-refractivity contribution in [2.24, 2.45) is 0 Å². The number of nitrogens with zero attached hydrogens (tertiary/aromatic N) is 2. The van der Waals surface area contributed by atoms with Gasteiger partial charge in [-0.05, 0) is 41.3 Å². The van der Waals surface area contributed by atoms with Gasteiger partial charge in [0.2, 0.25) is 11.7 Å². The molecule has 2 aromatic carbocycles. The summed E-state index contributed by atoms with van der Waals surface area (Å²) in [5.74, 6) is 1.02. The van der Waals surface area contributed by atoms with E-state index >= 15 is 0 Å². The number of nitrogens with one attached hydrogen (secondary N) is 2. The number of thiophene rings is 1. The van der Waals surface area contributed by atoms with E-state index in [-0.39, 0.29) is 0 Å². The first-order valence-corrected chi connectivity index (χ1v) is 10.2. The first-order valence-electron chi connectivity index (χ1n) is 8.56. The minimum Gasteiger partial charge on any atom is -0.339 e. The molecule has 0 spiro atoms. The van der Waals surface area contributed by atoms with E-state index in [2.05, 4.69) is 20.8 Å². The molecule has 9 heteroatoms. The lowest BCUT2D eigenvalue weighted by molar-refractivity contribution is 0.262. The predicted octanol–water partition coefficient (Wildman–Crippen LogP) is 6.34. The molecule has 6 nitrogen and oxygen atoms in total. The van der Waals surface area contributed by atoms with E-state index in [1.165, 1.54) is 0 Å². The third-order valence-corrected chi connectivity index (χ3v) is 5.60. The molecule has 0 saturated heterocycles. The second-order valence-electron chi connectivity index (χ2n) is 6.03. The predicted molar refractivity (Wildman–Crippen MR) is 116 cm³/mol. The molecular weight excluding hydrogens is 431 g/mol. The van der Waals surface area contributed by atoms with E-state index in [0.29, 0.717) is 39.6 Å². The molecule has 0 fully saturated rings. The molecule has 0 saturated carbocycles. The molecule has 0 atom stereocenters. The molecule has 29 heavy (non-hydrogen) atoms. The Morgan fingerprint density at radius 3 is 2.69 bits per heavy atom. The van der Waals surface area contributed by atoms with Gasteiger partial charge < -0.3 is 15.2 Å². The molecular formula is C20H14Cl2N4O2S. The Morgan fingerprint density at radius 1 is 1.03 bits per heavy atom. The molecule has 0 aliphatic rings. The van der Waals surface area contributed by atoms with E-state index in [1.54, 1.807) is 35.6 Å². The Labute approximate surface area is 180 Å². The van der Waals surface area contributed by atoms with Crippen molar-refractivity contribution in [3.05, 3.63) is 81.5 Å². The Bertz CT molecular complexity index is 1150. The van der Waals surface area contributed by atoms with Crippen molar-refractivity contribution in [3.8, 4) is 10.7 Å². The molecule has 4 aromatic rings. The normalized spacial score (nSPS) is 10.7. The highest BCUT2D eigenvalue weighted by Gasteiger charge is 2.13. The summed E-state index contributed by atoms with van der Waals surface area (Å²) in [5, 5.41) is 12.3. The zero-order valence-corrected chi connectivity index (χ0v) is 17.2. The quantitative estimate of drug-likeness (QED) is 0.376. The molecule has 4 rings (SSSR count). The number of rotatable bonds is 5. The lowest BCUT2D eigenvalue weighted by atomic mass is 10.1. The van der Waals surface area contributed by atoms with Crippen LogP contribution in [0.1, 0.15) is 11.5 Å². The minimum atomic E-state index is -0.402. The van der Waals surface area contributed by atoms with E-state index in [1.807, 2.05) is 35.7 Å². The Balaban J connectivity index is 1.46. The second kappa shape index (κ2) is 8.65. The summed E-state index contributed by atoms with van der Waals surface area (Å²) in [5.41, 5.74) is 2.02. The van der Waals surface area contributed by atoms with Gasteiger partial charge in [0.25, 0.3) is 0 Å². The van der Waals surface area contributed by atoms with Crippen molar-refractivity contribution in [1.82, 2.24) is 10.1 Å². The summed E-state index contributed by atoms with van der Waals surface area (Å²) < 4.78 is 5.36. The summed E-state index contributed by atoms with van der Waals surface area (Å²) in [6.07, 6.45) is 0.390. The lowest BCUT2D eigenvalue weighted by Crippen LogP contribution is -2.20. The SMILES string of the molecule is O=C(Nc1ccc(Cl)c(Cl)c1)Nc1ccccc1Cc1nc(-c2cccs2)no1. The second-order valence-corrected chi connectivity index (χ2v) is 7.79. The molecule has 146 valence electrons. The van der Waals surface area contributed by atoms with Gasteiger partial charge in [-0.1, -0.05) is 52.6 Å². The molecule has 0 bridgehead atoms. The third-order valence-electron chi connectivity index (χ3n) is 3.99. The molecule has 2 amide bonds. The van der Waals surface area contributed by atoms with Crippen LogP contribution in [-0.4, -0.2) is 16.2 Å². The summed E-state index contributed by atoms with van der Waals surface area (Å²) >= 11 is 13.4. The van der Waals surface area contributed by atoms with Crippen LogP contribution in [-0.2, 0) is 6.42 Å². The van der Waals surface area contributed by atoms with E-state index in [0.717, 1.165) is 10.4 Å². The van der Waals surface area contributed by atoms with Gasteiger partial charge in [-0.25, -0.2) is 4.79 Å². The van der Waals surface area contributed by atoms with Crippen LogP contribution in [0.25, 0.3) is 10.7 Å². The Hall–Kier alpha value is -2.87. The van der Waals surface area contributed by atoms with Crippen molar-refractivity contribution in [2.75, 3.05) is 10.6 Å². The maximum atomic E-state index is 12.4. The van der Waals surface area contributed by atoms with E-state index < -0.39 is 6.03 Å². The lowest BCUT2D eigenvalue weighted by Gasteiger charge is -2.11. The number of urea groups is 1. The maximum Gasteiger partial charge on any atom is 0.323 e.